The van der Waals surface area contributed by atoms with Crippen LogP contribution in [0.2, 0.25) is 0 Å². The summed E-state index contributed by atoms with van der Waals surface area (Å²) in [5, 5.41) is 0. The molecule has 0 atom stereocenters. The molecular weight excluding hydrogens is 167 g/mol. The van der Waals surface area contributed by atoms with Crippen LogP contribution < -0.4 is 0 Å². The Bertz CT molecular complexity index is 202. The second kappa shape index (κ2) is 6.52. The quantitative estimate of drug-likeness (QED) is 0.601. The van der Waals surface area contributed by atoms with Crippen molar-refractivity contribution in [3.8, 4) is 0 Å². The average Bonchev–Trinajstić information content (AvgIpc) is 1.91. The molecule has 0 heterocycles. The van der Waals surface area contributed by atoms with Crippen LogP contribution in [-0.4, -0.2) is 0 Å². The van der Waals surface area contributed by atoms with Crippen LogP contribution in [0.15, 0.2) is 30.3 Å². The van der Waals surface area contributed by atoms with Gasteiger partial charge in [0, 0.05) is 0 Å². The van der Waals surface area contributed by atoms with Crippen molar-refractivity contribution in [3.05, 3.63) is 35.9 Å². The number of benzene rings is 1. The predicted molar refractivity (Wildman–Crippen MR) is 32.6 cm³/mol. The van der Waals surface area contributed by atoms with Gasteiger partial charge in [0.2, 0.25) is 0 Å². The van der Waals surface area contributed by atoms with E-state index in [4.69, 9.17) is 7.35 Å². The zero-order valence-corrected chi connectivity index (χ0v) is 7.05. The summed E-state index contributed by atoms with van der Waals surface area (Å²) < 4.78 is 16.9. The van der Waals surface area contributed by atoms with Crippen LogP contribution in [0, 0.1) is 6.92 Å². The summed E-state index contributed by atoms with van der Waals surface area (Å²) in [6.45, 7) is 2.08. The normalized spacial score (nSPS) is 6.90. The van der Waals surface area contributed by atoms with Gasteiger partial charge in [-0.05, 0) is 6.92 Å². The summed E-state index contributed by atoms with van der Waals surface area (Å²) >= 11 is -1.81. The van der Waals surface area contributed by atoms with Crippen molar-refractivity contribution in [2.75, 3.05) is 0 Å². The SMILES string of the molecule is Cc1ccccc1.[O]=[V]=[O]. The summed E-state index contributed by atoms with van der Waals surface area (Å²) in [5.41, 5.74) is 1.32. The van der Waals surface area contributed by atoms with Gasteiger partial charge in [-0.2, -0.15) is 0 Å². The Labute approximate surface area is 66.8 Å². The van der Waals surface area contributed by atoms with Crippen LogP contribution in [0.25, 0.3) is 0 Å². The van der Waals surface area contributed by atoms with Gasteiger partial charge in [-0.1, -0.05) is 35.9 Å². The summed E-state index contributed by atoms with van der Waals surface area (Å²) in [4.78, 5) is 0. The third-order valence-electron chi connectivity index (χ3n) is 0.940. The molecule has 0 radical (unpaired) electrons. The Morgan fingerprint density at radius 2 is 1.50 bits per heavy atom. The first-order valence-corrected chi connectivity index (χ1v) is 3.92. The number of hydrogen-bond donors (Lipinski definition) is 0. The molecule has 10 heavy (non-hydrogen) atoms. The van der Waals surface area contributed by atoms with E-state index in [9.17, 15) is 0 Å². The molecule has 0 saturated carbocycles. The molecule has 0 unspecified atom stereocenters. The van der Waals surface area contributed by atoms with Gasteiger partial charge in [0.1, 0.15) is 0 Å². The van der Waals surface area contributed by atoms with Gasteiger partial charge in [-0.15, -0.1) is 0 Å². The van der Waals surface area contributed by atoms with Gasteiger partial charge in [0.25, 0.3) is 0 Å². The molecule has 53 valence electrons. The van der Waals surface area contributed by atoms with Crippen molar-refractivity contribution < 1.29 is 23.5 Å². The zero-order chi connectivity index (χ0) is 7.82. The van der Waals surface area contributed by atoms with E-state index >= 15 is 0 Å². The number of rotatable bonds is 0. The molecule has 0 fully saturated rings. The molecule has 0 bridgehead atoms. The van der Waals surface area contributed by atoms with Crippen LogP contribution in [0.5, 0.6) is 0 Å². The molecule has 0 amide bonds. The van der Waals surface area contributed by atoms with Crippen molar-refractivity contribution in [2.45, 2.75) is 6.92 Å². The van der Waals surface area contributed by atoms with Crippen LogP contribution in [0.4, 0.5) is 0 Å². The van der Waals surface area contributed by atoms with E-state index in [-0.39, 0.29) is 0 Å². The first-order chi connectivity index (χ1) is 4.81. The van der Waals surface area contributed by atoms with E-state index in [1.807, 2.05) is 18.2 Å². The van der Waals surface area contributed by atoms with E-state index in [2.05, 4.69) is 19.1 Å². The second-order valence-electron chi connectivity index (χ2n) is 1.73. The summed E-state index contributed by atoms with van der Waals surface area (Å²) in [7, 11) is 0. The third-order valence-corrected chi connectivity index (χ3v) is 0.940. The van der Waals surface area contributed by atoms with Crippen LogP contribution in [0.3, 0.4) is 0 Å². The maximum atomic E-state index is 8.47. The van der Waals surface area contributed by atoms with Gasteiger partial charge < -0.3 is 0 Å². The number of hydrogen-bond acceptors (Lipinski definition) is 2. The van der Waals surface area contributed by atoms with Gasteiger partial charge in [-0.3, -0.25) is 0 Å². The Morgan fingerprint density at radius 3 is 1.70 bits per heavy atom. The molecule has 0 aliphatic rings. The summed E-state index contributed by atoms with van der Waals surface area (Å²) in [6.07, 6.45) is 0. The van der Waals surface area contributed by atoms with Gasteiger partial charge in [0.15, 0.2) is 0 Å². The predicted octanol–water partition coefficient (Wildman–Crippen LogP) is 1.75. The van der Waals surface area contributed by atoms with Crippen molar-refractivity contribution in [1.29, 1.82) is 0 Å². The van der Waals surface area contributed by atoms with E-state index < -0.39 is 16.2 Å². The molecule has 0 aliphatic carbocycles. The Kier molecular flexibility index (Phi) is 6.13. The second-order valence-corrected chi connectivity index (χ2v) is 1.96. The molecule has 1 aromatic carbocycles. The van der Waals surface area contributed by atoms with E-state index in [1.165, 1.54) is 5.56 Å². The molecule has 0 spiro atoms. The van der Waals surface area contributed by atoms with E-state index in [0.717, 1.165) is 0 Å². The molecular formula is C7H8O2V. The van der Waals surface area contributed by atoms with E-state index in [0.29, 0.717) is 0 Å². The molecule has 3 heteroatoms. The zero-order valence-electron chi connectivity index (χ0n) is 5.65. The maximum absolute atomic E-state index is 8.47. The van der Waals surface area contributed by atoms with Crippen molar-refractivity contribution in [1.82, 2.24) is 0 Å². The molecule has 0 N–H and O–H groups in total. The van der Waals surface area contributed by atoms with Crippen molar-refractivity contribution in [3.63, 3.8) is 0 Å². The minimum atomic E-state index is -1.81. The minimum absolute atomic E-state index is 1.32. The molecule has 2 nitrogen and oxygen atoms in total. The Balaban J connectivity index is 0.000000236. The fourth-order valence-electron chi connectivity index (χ4n) is 0.534. The fraction of sp³-hybridized carbons (Fsp3) is 0.143. The molecule has 0 saturated heterocycles. The summed E-state index contributed by atoms with van der Waals surface area (Å²) in [6, 6.07) is 10.3. The Morgan fingerprint density at radius 1 is 1.10 bits per heavy atom. The number of aryl methyl sites for hydroxylation is 1. The topological polar surface area (TPSA) is 34.1 Å². The van der Waals surface area contributed by atoms with Crippen molar-refractivity contribution >= 4 is 0 Å². The first-order valence-electron chi connectivity index (χ1n) is 2.78. The molecule has 0 aromatic heterocycles. The third kappa shape index (κ3) is 5.54. The standard InChI is InChI=1S/C7H8.2O.V/c1-7-5-3-2-4-6-7;;;/h2-6H,1H3;;;. The molecule has 0 aliphatic heterocycles. The van der Waals surface area contributed by atoms with Crippen LogP contribution in [-0.2, 0) is 23.5 Å². The van der Waals surface area contributed by atoms with Crippen LogP contribution >= 0.6 is 0 Å². The van der Waals surface area contributed by atoms with Gasteiger partial charge in [-0.25, -0.2) is 0 Å². The fourth-order valence-corrected chi connectivity index (χ4v) is 0.534. The monoisotopic (exact) mass is 175 g/mol. The molecule has 1 aromatic rings. The molecule has 1 rings (SSSR count). The van der Waals surface area contributed by atoms with Crippen LogP contribution in [0.1, 0.15) is 5.56 Å². The van der Waals surface area contributed by atoms with Gasteiger partial charge >= 0.3 is 23.5 Å². The van der Waals surface area contributed by atoms with Crippen molar-refractivity contribution in [2.24, 2.45) is 0 Å². The first kappa shape index (κ1) is 9.40. The average molecular weight is 175 g/mol. The van der Waals surface area contributed by atoms with Gasteiger partial charge in [0.05, 0.1) is 0 Å². The van der Waals surface area contributed by atoms with E-state index in [1.54, 1.807) is 0 Å². The summed E-state index contributed by atoms with van der Waals surface area (Å²) in [5.74, 6) is 0. The Hall–Kier alpha value is -0.596.